The number of halogens is 1. The van der Waals surface area contributed by atoms with Crippen molar-refractivity contribution in [3.8, 4) is 0 Å². The van der Waals surface area contributed by atoms with Crippen molar-refractivity contribution in [1.29, 1.82) is 0 Å². The highest BCUT2D eigenvalue weighted by Crippen LogP contribution is 2.38. The van der Waals surface area contributed by atoms with E-state index in [4.69, 9.17) is 16.0 Å². The van der Waals surface area contributed by atoms with Gasteiger partial charge in [-0.1, -0.05) is 19.8 Å². The fourth-order valence-electron chi connectivity index (χ4n) is 1.75. The van der Waals surface area contributed by atoms with E-state index >= 15 is 0 Å². The molecule has 0 aliphatic heterocycles. The van der Waals surface area contributed by atoms with E-state index in [1.165, 1.54) is 19.3 Å². The molecule has 1 heterocycles. The van der Waals surface area contributed by atoms with E-state index in [-0.39, 0.29) is 0 Å². The molecular formula is C11H16ClNO. The molecule has 1 unspecified atom stereocenters. The minimum absolute atomic E-state index is 0.347. The maximum atomic E-state index is 5.76. The van der Waals surface area contributed by atoms with Crippen LogP contribution < -0.4 is 5.32 Å². The van der Waals surface area contributed by atoms with Crippen molar-refractivity contribution in [3.63, 3.8) is 0 Å². The van der Waals surface area contributed by atoms with Crippen LogP contribution in [0.4, 0.5) is 0 Å². The lowest BCUT2D eigenvalue weighted by Gasteiger charge is -2.14. The van der Waals surface area contributed by atoms with Crippen LogP contribution in [0, 0.1) is 5.92 Å². The molecule has 78 valence electrons. The molecule has 2 nitrogen and oxygen atoms in total. The first-order valence-electron chi connectivity index (χ1n) is 5.28. The Kier molecular flexibility index (Phi) is 3.14. The second-order valence-electron chi connectivity index (χ2n) is 3.93. The van der Waals surface area contributed by atoms with Gasteiger partial charge in [-0.3, -0.25) is 0 Å². The van der Waals surface area contributed by atoms with E-state index in [1.807, 2.05) is 12.1 Å². The normalized spacial score (nSPS) is 18.4. The van der Waals surface area contributed by atoms with Crippen LogP contribution in [0.1, 0.15) is 38.0 Å². The third-order valence-electron chi connectivity index (χ3n) is 2.65. The molecule has 1 N–H and O–H groups in total. The van der Waals surface area contributed by atoms with Crippen molar-refractivity contribution in [2.75, 3.05) is 6.54 Å². The van der Waals surface area contributed by atoms with Crippen LogP contribution in [-0.2, 0) is 0 Å². The second kappa shape index (κ2) is 4.37. The van der Waals surface area contributed by atoms with Crippen molar-refractivity contribution >= 4 is 11.6 Å². The molecule has 1 saturated carbocycles. The first-order valence-corrected chi connectivity index (χ1v) is 5.66. The Balaban J connectivity index is 2.00. The number of furan rings is 1. The molecule has 3 heteroatoms. The van der Waals surface area contributed by atoms with Crippen LogP contribution >= 0.6 is 11.6 Å². The van der Waals surface area contributed by atoms with Crippen LogP contribution in [0.25, 0.3) is 0 Å². The van der Waals surface area contributed by atoms with Gasteiger partial charge in [0.1, 0.15) is 5.76 Å². The zero-order valence-corrected chi connectivity index (χ0v) is 9.18. The molecule has 1 aromatic heterocycles. The van der Waals surface area contributed by atoms with Gasteiger partial charge < -0.3 is 9.73 Å². The molecule has 1 fully saturated rings. The highest BCUT2D eigenvalue weighted by atomic mass is 35.5. The van der Waals surface area contributed by atoms with Gasteiger partial charge in [-0.2, -0.15) is 0 Å². The predicted molar refractivity (Wildman–Crippen MR) is 57.5 cm³/mol. The summed E-state index contributed by atoms with van der Waals surface area (Å²) in [6.45, 7) is 3.08. The highest BCUT2D eigenvalue weighted by molar-refractivity contribution is 6.28. The summed E-state index contributed by atoms with van der Waals surface area (Å²) in [5, 5.41) is 3.92. The first-order chi connectivity index (χ1) is 6.79. The summed E-state index contributed by atoms with van der Waals surface area (Å²) in [6, 6.07) is 4.13. The van der Waals surface area contributed by atoms with E-state index in [0.29, 0.717) is 11.3 Å². The van der Waals surface area contributed by atoms with Gasteiger partial charge in [-0.25, -0.2) is 0 Å². The Labute approximate surface area is 89.6 Å². The Morgan fingerprint density at radius 1 is 1.57 bits per heavy atom. The van der Waals surface area contributed by atoms with Gasteiger partial charge in [0, 0.05) is 0 Å². The largest absolute Gasteiger partial charge is 0.448 e. The highest BCUT2D eigenvalue weighted by Gasteiger charge is 2.27. The maximum absolute atomic E-state index is 5.76. The van der Waals surface area contributed by atoms with E-state index < -0.39 is 0 Å². The van der Waals surface area contributed by atoms with Crippen molar-refractivity contribution in [3.05, 3.63) is 23.1 Å². The van der Waals surface area contributed by atoms with E-state index in [1.54, 1.807) is 0 Å². The Morgan fingerprint density at radius 3 is 2.86 bits per heavy atom. The molecule has 0 aromatic carbocycles. The third-order valence-corrected chi connectivity index (χ3v) is 2.86. The molecule has 1 aliphatic rings. The molecule has 1 aromatic rings. The van der Waals surface area contributed by atoms with Crippen LogP contribution in [0.2, 0.25) is 5.22 Å². The Hall–Kier alpha value is -0.470. The first kappa shape index (κ1) is 10.1. The van der Waals surface area contributed by atoms with Crippen LogP contribution in [0.15, 0.2) is 16.5 Å². The summed E-state index contributed by atoms with van der Waals surface area (Å²) < 4.78 is 5.43. The lowest BCUT2D eigenvalue weighted by molar-refractivity contribution is 0.389. The topological polar surface area (TPSA) is 25.2 Å². The molecule has 0 spiro atoms. The molecule has 0 bridgehead atoms. The van der Waals surface area contributed by atoms with Gasteiger partial charge in [-0.15, -0.1) is 0 Å². The average molecular weight is 214 g/mol. The summed E-state index contributed by atoms with van der Waals surface area (Å²) in [6.07, 6.45) is 3.92. The second-order valence-corrected chi connectivity index (χ2v) is 4.30. The number of nitrogens with one attached hydrogen (secondary N) is 1. The standard InChI is InChI=1S/C11H16ClNO/c1-2-13-9(7-8-3-4-8)10-5-6-11(12)14-10/h5-6,8-9,13H,2-4,7H2,1H3. The number of hydrogen-bond acceptors (Lipinski definition) is 2. The summed E-state index contributed by atoms with van der Waals surface area (Å²) in [5.41, 5.74) is 0. The van der Waals surface area contributed by atoms with Crippen molar-refractivity contribution in [2.24, 2.45) is 5.92 Å². The summed E-state index contributed by atoms with van der Waals surface area (Å²) in [7, 11) is 0. The van der Waals surface area contributed by atoms with Gasteiger partial charge in [0.25, 0.3) is 0 Å². The smallest absolute Gasteiger partial charge is 0.193 e. The minimum atomic E-state index is 0.347. The van der Waals surface area contributed by atoms with Crippen molar-refractivity contribution in [1.82, 2.24) is 5.32 Å². The molecule has 0 saturated heterocycles. The molecule has 1 atom stereocenters. The van der Waals surface area contributed by atoms with E-state index in [9.17, 15) is 0 Å². The van der Waals surface area contributed by atoms with E-state index in [2.05, 4.69) is 12.2 Å². The molecule has 1 aliphatic carbocycles. The fourth-order valence-corrected chi connectivity index (χ4v) is 1.90. The van der Waals surface area contributed by atoms with Crippen LogP contribution in [0.5, 0.6) is 0 Å². The zero-order valence-electron chi connectivity index (χ0n) is 8.42. The molecule has 0 amide bonds. The number of hydrogen-bond donors (Lipinski definition) is 1. The lowest BCUT2D eigenvalue weighted by Crippen LogP contribution is -2.20. The van der Waals surface area contributed by atoms with Crippen LogP contribution in [-0.4, -0.2) is 6.54 Å². The summed E-state index contributed by atoms with van der Waals surface area (Å²) in [5.74, 6) is 1.87. The average Bonchev–Trinajstić information content (AvgIpc) is 2.87. The molecule has 2 rings (SSSR count). The zero-order chi connectivity index (χ0) is 9.97. The van der Waals surface area contributed by atoms with Gasteiger partial charge in [0.15, 0.2) is 5.22 Å². The van der Waals surface area contributed by atoms with Gasteiger partial charge in [-0.05, 0) is 42.6 Å². The predicted octanol–water partition coefficient (Wildman–Crippen LogP) is 3.38. The molecular weight excluding hydrogens is 198 g/mol. The molecule has 14 heavy (non-hydrogen) atoms. The Morgan fingerprint density at radius 2 is 2.36 bits per heavy atom. The lowest BCUT2D eigenvalue weighted by atomic mass is 10.1. The van der Waals surface area contributed by atoms with Gasteiger partial charge in [0.05, 0.1) is 6.04 Å². The third kappa shape index (κ3) is 2.52. The van der Waals surface area contributed by atoms with Gasteiger partial charge >= 0.3 is 0 Å². The molecule has 0 radical (unpaired) electrons. The minimum Gasteiger partial charge on any atom is -0.448 e. The van der Waals surface area contributed by atoms with Crippen LogP contribution in [0.3, 0.4) is 0 Å². The van der Waals surface area contributed by atoms with Gasteiger partial charge in [0.2, 0.25) is 0 Å². The maximum Gasteiger partial charge on any atom is 0.193 e. The Bertz CT molecular complexity index is 293. The monoisotopic (exact) mass is 213 g/mol. The summed E-state index contributed by atoms with van der Waals surface area (Å²) >= 11 is 5.76. The number of rotatable bonds is 5. The summed E-state index contributed by atoms with van der Waals surface area (Å²) in [4.78, 5) is 0. The SMILES string of the molecule is CCNC(CC1CC1)c1ccc(Cl)o1. The van der Waals surface area contributed by atoms with E-state index in [0.717, 1.165) is 18.2 Å². The quantitative estimate of drug-likeness (QED) is 0.811. The van der Waals surface area contributed by atoms with Crippen molar-refractivity contribution in [2.45, 2.75) is 32.2 Å². The fraction of sp³-hybridized carbons (Fsp3) is 0.636. The van der Waals surface area contributed by atoms with Crippen molar-refractivity contribution < 1.29 is 4.42 Å².